The van der Waals surface area contributed by atoms with E-state index in [-0.39, 0.29) is 24.0 Å². The van der Waals surface area contributed by atoms with Gasteiger partial charge in [0, 0.05) is 48.1 Å². The Labute approximate surface area is 204 Å². The van der Waals surface area contributed by atoms with Crippen molar-refractivity contribution in [3.8, 4) is 5.69 Å². The molecule has 6 nitrogen and oxygen atoms in total. The normalized spacial score (nSPS) is 12.2. The lowest BCUT2D eigenvalue weighted by molar-refractivity contribution is 0.680. The first-order chi connectivity index (χ1) is 14.6. The van der Waals surface area contributed by atoms with Crippen molar-refractivity contribution in [3.63, 3.8) is 0 Å². The first-order valence-corrected chi connectivity index (χ1v) is 11.5. The monoisotopic (exact) mass is 551 g/mol. The molecule has 0 saturated heterocycles. The van der Waals surface area contributed by atoms with Gasteiger partial charge in [-0.2, -0.15) is 5.10 Å². The van der Waals surface area contributed by atoms with E-state index in [9.17, 15) is 4.21 Å². The van der Waals surface area contributed by atoms with Crippen LogP contribution in [0.2, 0.25) is 0 Å². The van der Waals surface area contributed by atoms with Crippen LogP contribution in [-0.2, 0) is 23.1 Å². The summed E-state index contributed by atoms with van der Waals surface area (Å²) in [6.45, 7) is 5.26. The number of nitrogens with one attached hydrogen (secondary N) is 2. The first-order valence-electron chi connectivity index (χ1n) is 10.0. The van der Waals surface area contributed by atoms with Gasteiger partial charge in [-0.05, 0) is 37.1 Å². The molecule has 0 aliphatic heterocycles. The highest BCUT2D eigenvalue weighted by Gasteiger charge is 2.09. The summed E-state index contributed by atoms with van der Waals surface area (Å²) in [5.74, 6) is 1.83. The van der Waals surface area contributed by atoms with Gasteiger partial charge in [0.1, 0.15) is 0 Å². The fourth-order valence-corrected chi connectivity index (χ4v) is 4.29. The van der Waals surface area contributed by atoms with Crippen molar-refractivity contribution in [2.24, 2.45) is 4.99 Å². The van der Waals surface area contributed by atoms with E-state index in [1.165, 1.54) is 0 Å². The van der Waals surface area contributed by atoms with Crippen molar-refractivity contribution in [1.29, 1.82) is 0 Å². The molecular weight excluding hydrogens is 521 g/mol. The van der Waals surface area contributed by atoms with Gasteiger partial charge in [0.2, 0.25) is 0 Å². The average molecular weight is 551 g/mol. The van der Waals surface area contributed by atoms with Crippen molar-refractivity contribution in [2.45, 2.75) is 26.1 Å². The van der Waals surface area contributed by atoms with Crippen LogP contribution in [0.15, 0.2) is 65.7 Å². The molecule has 0 saturated carbocycles. The number of aliphatic imine (C=N–C) groups is 1. The topological polar surface area (TPSA) is 71.3 Å². The van der Waals surface area contributed by atoms with E-state index in [0.29, 0.717) is 30.6 Å². The number of para-hydroxylation sites is 1. The largest absolute Gasteiger partial charge is 0.355 e. The van der Waals surface area contributed by atoms with E-state index in [1.807, 2.05) is 54.1 Å². The summed E-state index contributed by atoms with van der Waals surface area (Å²) in [7, 11) is 0.824. The van der Waals surface area contributed by atoms with Crippen LogP contribution in [0.5, 0.6) is 0 Å². The van der Waals surface area contributed by atoms with Gasteiger partial charge >= 0.3 is 0 Å². The molecule has 0 bridgehead atoms. The number of hydrogen-bond donors (Lipinski definition) is 2. The van der Waals surface area contributed by atoms with Gasteiger partial charge in [-0.3, -0.25) is 9.20 Å². The third-order valence-electron chi connectivity index (χ3n) is 4.69. The van der Waals surface area contributed by atoms with Crippen LogP contribution < -0.4 is 10.6 Å². The number of benzene rings is 2. The number of rotatable bonds is 8. The Hall–Kier alpha value is -2.20. The van der Waals surface area contributed by atoms with Crippen LogP contribution in [0.1, 0.15) is 22.5 Å². The van der Waals surface area contributed by atoms with E-state index in [2.05, 4.69) is 45.8 Å². The Kier molecular flexibility index (Phi) is 10.2. The van der Waals surface area contributed by atoms with Crippen molar-refractivity contribution < 1.29 is 4.21 Å². The van der Waals surface area contributed by atoms with E-state index in [0.717, 1.165) is 28.2 Å². The molecule has 1 unspecified atom stereocenters. The van der Waals surface area contributed by atoms with Crippen molar-refractivity contribution in [2.75, 3.05) is 19.3 Å². The van der Waals surface area contributed by atoms with Gasteiger partial charge in [-0.15, -0.1) is 24.0 Å². The molecule has 31 heavy (non-hydrogen) atoms. The van der Waals surface area contributed by atoms with E-state index >= 15 is 0 Å². The second-order valence-electron chi connectivity index (χ2n) is 7.09. The Balaban J connectivity index is 0.00000341. The fraction of sp³-hybridized carbons (Fsp3) is 0.304. The van der Waals surface area contributed by atoms with Gasteiger partial charge in [-0.25, -0.2) is 4.68 Å². The van der Waals surface area contributed by atoms with E-state index < -0.39 is 10.8 Å². The highest BCUT2D eigenvalue weighted by atomic mass is 127. The second kappa shape index (κ2) is 12.6. The number of halogens is 1. The second-order valence-corrected chi connectivity index (χ2v) is 8.67. The van der Waals surface area contributed by atoms with Crippen molar-refractivity contribution >= 4 is 40.7 Å². The highest BCUT2D eigenvalue weighted by molar-refractivity contribution is 14.0. The highest BCUT2D eigenvalue weighted by Crippen LogP contribution is 2.16. The van der Waals surface area contributed by atoms with Crippen LogP contribution in [0, 0.1) is 13.8 Å². The number of hydrogen-bond acceptors (Lipinski definition) is 3. The lowest BCUT2D eigenvalue weighted by Gasteiger charge is -2.15. The summed E-state index contributed by atoms with van der Waals surface area (Å²) in [4.78, 5) is 4.28. The van der Waals surface area contributed by atoms with E-state index in [4.69, 9.17) is 0 Å². The molecule has 2 N–H and O–H groups in total. The Morgan fingerprint density at radius 3 is 2.45 bits per heavy atom. The Bertz CT molecular complexity index is 1020. The van der Waals surface area contributed by atoms with Crippen LogP contribution in [-0.4, -0.2) is 39.3 Å². The van der Waals surface area contributed by atoms with Crippen molar-refractivity contribution in [1.82, 2.24) is 20.4 Å². The summed E-state index contributed by atoms with van der Waals surface area (Å²) >= 11 is 0. The lowest BCUT2D eigenvalue weighted by Crippen LogP contribution is -2.39. The third-order valence-corrected chi connectivity index (χ3v) is 6.01. The fourth-order valence-electron chi connectivity index (χ4n) is 3.25. The maximum absolute atomic E-state index is 12.3. The maximum Gasteiger partial charge on any atom is 0.191 e. The van der Waals surface area contributed by atoms with Crippen LogP contribution in [0.25, 0.3) is 5.69 Å². The zero-order chi connectivity index (χ0) is 21.3. The van der Waals surface area contributed by atoms with Crippen molar-refractivity contribution in [3.05, 3.63) is 83.2 Å². The predicted molar refractivity (Wildman–Crippen MR) is 140 cm³/mol. The Morgan fingerprint density at radius 1 is 1.06 bits per heavy atom. The molecule has 1 aromatic heterocycles. The quantitative estimate of drug-likeness (QED) is 0.255. The molecule has 0 amide bonds. The van der Waals surface area contributed by atoms with Gasteiger partial charge in [0.15, 0.2) is 5.96 Å². The van der Waals surface area contributed by atoms with Gasteiger partial charge in [-0.1, -0.05) is 48.5 Å². The standard InChI is InChI=1S/C23H29N5OS.HI/c1-18-15-19(2)28(27-18)22-12-8-7-11-21(22)16-26-23(24-3)25-13-14-30(29)17-20-9-5-4-6-10-20;/h4-12,15H,13-14,16-17H2,1-3H3,(H2,24,25,26);1H. The summed E-state index contributed by atoms with van der Waals surface area (Å²) in [5, 5.41) is 11.2. The number of guanidine groups is 1. The molecule has 0 spiro atoms. The number of aryl methyl sites for hydroxylation is 2. The summed E-state index contributed by atoms with van der Waals surface area (Å²) in [5.41, 5.74) is 5.37. The molecule has 0 radical (unpaired) electrons. The summed E-state index contributed by atoms with van der Waals surface area (Å²) in [6, 6.07) is 20.2. The van der Waals surface area contributed by atoms with Gasteiger partial charge < -0.3 is 10.6 Å². The Morgan fingerprint density at radius 2 is 1.77 bits per heavy atom. The maximum atomic E-state index is 12.3. The van der Waals surface area contributed by atoms with Crippen LogP contribution in [0.4, 0.5) is 0 Å². The van der Waals surface area contributed by atoms with Crippen LogP contribution in [0.3, 0.4) is 0 Å². The zero-order valence-electron chi connectivity index (χ0n) is 18.2. The molecule has 1 heterocycles. The van der Waals surface area contributed by atoms with Crippen LogP contribution >= 0.6 is 24.0 Å². The molecule has 166 valence electrons. The van der Waals surface area contributed by atoms with Gasteiger partial charge in [0.25, 0.3) is 0 Å². The minimum Gasteiger partial charge on any atom is -0.355 e. The SMILES string of the molecule is CN=C(NCCS(=O)Cc1ccccc1)NCc1ccccc1-n1nc(C)cc1C.I. The van der Waals surface area contributed by atoms with Gasteiger partial charge in [0.05, 0.1) is 11.4 Å². The third kappa shape index (κ3) is 7.46. The molecular formula is C23H30IN5OS. The predicted octanol–water partition coefficient (Wildman–Crippen LogP) is 3.72. The molecule has 1 atom stereocenters. The molecule has 0 fully saturated rings. The average Bonchev–Trinajstić information content (AvgIpc) is 3.09. The number of aromatic nitrogens is 2. The molecule has 0 aliphatic carbocycles. The number of nitrogens with zero attached hydrogens (tertiary/aromatic N) is 3. The minimum atomic E-state index is -0.915. The molecule has 2 aromatic carbocycles. The summed E-state index contributed by atoms with van der Waals surface area (Å²) < 4.78 is 14.3. The smallest absolute Gasteiger partial charge is 0.191 e. The molecule has 0 aliphatic rings. The summed E-state index contributed by atoms with van der Waals surface area (Å²) in [6.07, 6.45) is 0. The first kappa shape index (κ1) is 25.1. The molecule has 8 heteroatoms. The molecule has 3 aromatic rings. The molecule has 3 rings (SSSR count). The lowest BCUT2D eigenvalue weighted by atomic mass is 10.1. The van der Waals surface area contributed by atoms with E-state index in [1.54, 1.807) is 7.05 Å². The minimum absolute atomic E-state index is 0. The zero-order valence-corrected chi connectivity index (χ0v) is 21.3.